The zero-order valence-electron chi connectivity index (χ0n) is 9.18. The topological polar surface area (TPSA) is 43.6 Å². The van der Waals surface area contributed by atoms with Gasteiger partial charge in [0.05, 0.1) is 0 Å². The summed E-state index contributed by atoms with van der Waals surface area (Å²) >= 11 is 0. The summed E-state index contributed by atoms with van der Waals surface area (Å²) in [4.78, 5) is 8.55. The lowest BCUT2D eigenvalue weighted by atomic mass is 10.1. The van der Waals surface area contributed by atoms with Gasteiger partial charge in [-0.25, -0.2) is 4.98 Å². The Bertz CT molecular complexity index is 442. The van der Waals surface area contributed by atoms with E-state index in [0.717, 1.165) is 17.1 Å². The van der Waals surface area contributed by atoms with E-state index < -0.39 is 0 Å². The van der Waals surface area contributed by atoms with Crippen LogP contribution in [0.2, 0.25) is 0 Å². The predicted octanol–water partition coefficient (Wildman–Crippen LogP) is 2.00. The predicted molar refractivity (Wildman–Crippen MR) is 58.3 cm³/mol. The number of aromatic nitrogens is 4. The first kappa shape index (κ1) is 9.83. The number of pyridine rings is 1. The maximum atomic E-state index is 4.37. The number of hydrogen-bond donors (Lipinski definition) is 0. The van der Waals surface area contributed by atoms with E-state index in [1.54, 1.807) is 11.0 Å². The van der Waals surface area contributed by atoms with Crippen molar-refractivity contribution in [3.63, 3.8) is 0 Å². The normalized spacial score (nSPS) is 10.9. The first-order valence-electron chi connectivity index (χ1n) is 4.99. The van der Waals surface area contributed by atoms with Crippen LogP contribution in [-0.2, 0) is 7.05 Å². The van der Waals surface area contributed by atoms with Gasteiger partial charge in [0, 0.05) is 24.5 Å². The fourth-order valence-electron chi connectivity index (χ4n) is 1.35. The van der Waals surface area contributed by atoms with Crippen LogP contribution < -0.4 is 0 Å². The fraction of sp³-hybridized carbons (Fsp3) is 0.364. The van der Waals surface area contributed by atoms with E-state index in [0.29, 0.717) is 5.92 Å². The van der Waals surface area contributed by atoms with Crippen molar-refractivity contribution in [3.05, 3.63) is 30.4 Å². The lowest BCUT2D eigenvalue weighted by Crippen LogP contribution is -1.93. The zero-order valence-corrected chi connectivity index (χ0v) is 9.18. The van der Waals surface area contributed by atoms with Crippen molar-refractivity contribution in [2.24, 2.45) is 7.05 Å². The van der Waals surface area contributed by atoms with Crippen molar-refractivity contribution in [2.45, 2.75) is 19.8 Å². The first-order valence-corrected chi connectivity index (χ1v) is 4.99. The van der Waals surface area contributed by atoms with Crippen LogP contribution >= 0.6 is 0 Å². The molecule has 2 heterocycles. The van der Waals surface area contributed by atoms with Crippen molar-refractivity contribution < 1.29 is 0 Å². The highest BCUT2D eigenvalue weighted by Gasteiger charge is 2.05. The standard InChI is InChI=1S/C11H14N4/c1-8(2)10-5-4-9(6-12-10)11-13-7-15(3)14-11/h4-8H,1-3H3. The number of rotatable bonds is 2. The highest BCUT2D eigenvalue weighted by Crippen LogP contribution is 2.16. The van der Waals surface area contributed by atoms with Gasteiger partial charge in [-0.3, -0.25) is 9.67 Å². The van der Waals surface area contributed by atoms with E-state index in [1.165, 1.54) is 0 Å². The van der Waals surface area contributed by atoms with Gasteiger partial charge >= 0.3 is 0 Å². The van der Waals surface area contributed by atoms with Gasteiger partial charge in [0.25, 0.3) is 0 Å². The molecule has 0 unspecified atom stereocenters. The molecule has 0 saturated heterocycles. The highest BCUT2D eigenvalue weighted by atomic mass is 15.3. The Morgan fingerprint density at radius 2 is 2.00 bits per heavy atom. The summed E-state index contributed by atoms with van der Waals surface area (Å²) in [6.45, 7) is 4.25. The molecule has 15 heavy (non-hydrogen) atoms. The molecule has 0 radical (unpaired) electrons. The molecule has 4 heteroatoms. The van der Waals surface area contributed by atoms with E-state index >= 15 is 0 Å². The fourth-order valence-corrected chi connectivity index (χ4v) is 1.35. The minimum atomic E-state index is 0.454. The molecule has 2 rings (SSSR count). The van der Waals surface area contributed by atoms with Crippen LogP contribution in [0.25, 0.3) is 11.4 Å². The van der Waals surface area contributed by atoms with Gasteiger partial charge in [-0.05, 0) is 18.1 Å². The van der Waals surface area contributed by atoms with Crippen molar-refractivity contribution in [1.82, 2.24) is 19.7 Å². The van der Waals surface area contributed by atoms with Crippen LogP contribution in [0.15, 0.2) is 24.7 Å². The molecule has 0 N–H and O–H groups in total. The molecule has 0 aliphatic rings. The monoisotopic (exact) mass is 202 g/mol. The van der Waals surface area contributed by atoms with E-state index in [9.17, 15) is 0 Å². The van der Waals surface area contributed by atoms with Crippen molar-refractivity contribution in [1.29, 1.82) is 0 Å². The Morgan fingerprint density at radius 1 is 1.20 bits per heavy atom. The number of hydrogen-bond acceptors (Lipinski definition) is 3. The van der Waals surface area contributed by atoms with Crippen molar-refractivity contribution >= 4 is 0 Å². The molecule has 0 saturated carbocycles. The quantitative estimate of drug-likeness (QED) is 0.748. The van der Waals surface area contributed by atoms with Gasteiger partial charge in [-0.15, -0.1) is 0 Å². The smallest absolute Gasteiger partial charge is 0.182 e. The maximum absolute atomic E-state index is 4.37. The molecule has 2 aromatic rings. The third-order valence-corrected chi connectivity index (χ3v) is 2.24. The molecule has 0 fully saturated rings. The molecule has 0 bridgehead atoms. The molecule has 0 aliphatic heterocycles. The average molecular weight is 202 g/mol. The van der Waals surface area contributed by atoms with Gasteiger partial charge in [-0.2, -0.15) is 5.10 Å². The van der Waals surface area contributed by atoms with Gasteiger partial charge in [-0.1, -0.05) is 13.8 Å². The van der Waals surface area contributed by atoms with Crippen molar-refractivity contribution in [2.75, 3.05) is 0 Å². The second-order valence-electron chi connectivity index (χ2n) is 3.87. The molecule has 0 amide bonds. The summed E-state index contributed by atoms with van der Waals surface area (Å²) in [6, 6.07) is 4.04. The minimum absolute atomic E-state index is 0.454. The SMILES string of the molecule is CC(C)c1ccc(-c2ncn(C)n2)cn1. The summed E-state index contributed by atoms with van der Waals surface area (Å²) in [5, 5.41) is 4.22. The third kappa shape index (κ3) is 2.03. The Kier molecular flexibility index (Phi) is 2.49. The second-order valence-corrected chi connectivity index (χ2v) is 3.87. The molecule has 2 aromatic heterocycles. The minimum Gasteiger partial charge on any atom is -0.260 e. The molecule has 0 atom stereocenters. The number of aryl methyl sites for hydroxylation is 1. The molecule has 4 nitrogen and oxygen atoms in total. The van der Waals surface area contributed by atoms with Gasteiger partial charge in [0.1, 0.15) is 6.33 Å². The summed E-state index contributed by atoms with van der Waals surface area (Å²) in [5.74, 6) is 1.18. The van der Waals surface area contributed by atoms with E-state index in [1.807, 2.05) is 25.4 Å². The largest absolute Gasteiger partial charge is 0.260 e. The molecule has 0 aliphatic carbocycles. The second kappa shape index (κ2) is 3.81. The van der Waals surface area contributed by atoms with Crippen LogP contribution in [0.1, 0.15) is 25.5 Å². The molecular formula is C11H14N4. The lowest BCUT2D eigenvalue weighted by molar-refractivity contribution is 0.767. The number of nitrogens with zero attached hydrogens (tertiary/aromatic N) is 4. The Hall–Kier alpha value is -1.71. The summed E-state index contributed by atoms with van der Waals surface area (Å²) < 4.78 is 1.69. The van der Waals surface area contributed by atoms with E-state index in [2.05, 4.69) is 28.9 Å². The Labute approximate surface area is 89.0 Å². The first-order chi connectivity index (χ1) is 7.16. The molecule has 0 spiro atoms. The summed E-state index contributed by atoms with van der Waals surface area (Å²) in [5.41, 5.74) is 2.05. The zero-order chi connectivity index (χ0) is 10.8. The van der Waals surface area contributed by atoms with Crippen LogP contribution in [-0.4, -0.2) is 19.7 Å². The van der Waals surface area contributed by atoms with Gasteiger partial charge in [0.2, 0.25) is 0 Å². The highest BCUT2D eigenvalue weighted by molar-refractivity contribution is 5.52. The van der Waals surface area contributed by atoms with Crippen LogP contribution in [0.4, 0.5) is 0 Å². The van der Waals surface area contributed by atoms with Crippen LogP contribution in [0.3, 0.4) is 0 Å². The van der Waals surface area contributed by atoms with E-state index in [-0.39, 0.29) is 0 Å². The average Bonchev–Trinajstić information content (AvgIpc) is 2.65. The van der Waals surface area contributed by atoms with Crippen LogP contribution in [0.5, 0.6) is 0 Å². The molecular weight excluding hydrogens is 188 g/mol. The van der Waals surface area contributed by atoms with Crippen LogP contribution in [0, 0.1) is 0 Å². The van der Waals surface area contributed by atoms with Gasteiger partial charge < -0.3 is 0 Å². The summed E-state index contributed by atoms with van der Waals surface area (Å²) in [7, 11) is 1.85. The summed E-state index contributed by atoms with van der Waals surface area (Å²) in [6.07, 6.45) is 3.51. The third-order valence-electron chi connectivity index (χ3n) is 2.24. The lowest BCUT2D eigenvalue weighted by Gasteiger charge is -2.03. The maximum Gasteiger partial charge on any atom is 0.182 e. The Balaban J connectivity index is 2.31. The van der Waals surface area contributed by atoms with Crippen molar-refractivity contribution in [3.8, 4) is 11.4 Å². The van der Waals surface area contributed by atoms with E-state index in [4.69, 9.17) is 0 Å². The molecule has 78 valence electrons. The van der Waals surface area contributed by atoms with Gasteiger partial charge in [0.15, 0.2) is 5.82 Å². The Morgan fingerprint density at radius 3 is 2.47 bits per heavy atom. The molecule has 0 aromatic carbocycles.